The highest BCUT2D eigenvalue weighted by Gasteiger charge is 2.09. The van der Waals surface area contributed by atoms with E-state index in [0.29, 0.717) is 12.8 Å². The van der Waals surface area contributed by atoms with Crippen LogP contribution in [0.3, 0.4) is 0 Å². The molecule has 0 radical (unpaired) electrons. The summed E-state index contributed by atoms with van der Waals surface area (Å²) in [6.07, 6.45) is 1.02. The Morgan fingerprint density at radius 2 is 2.00 bits per heavy atom. The Bertz CT molecular complexity index is 399. The molecule has 0 atom stereocenters. The van der Waals surface area contributed by atoms with Gasteiger partial charge in [-0.15, -0.1) is 0 Å². The van der Waals surface area contributed by atoms with Crippen LogP contribution in [0.5, 0.6) is 11.5 Å². The van der Waals surface area contributed by atoms with Crippen molar-refractivity contribution in [2.24, 2.45) is 0 Å². The van der Waals surface area contributed by atoms with E-state index in [1.54, 1.807) is 7.11 Å². The van der Waals surface area contributed by atoms with Gasteiger partial charge in [0.2, 0.25) is 0 Å². The Balaban J connectivity index is 2.81. The average Bonchev–Trinajstić information content (AvgIpc) is 2.35. The number of esters is 1. The lowest BCUT2D eigenvalue weighted by Crippen LogP contribution is -2.07. The van der Waals surface area contributed by atoms with Crippen molar-refractivity contribution < 1.29 is 19.0 Å². The van der Waals surface area contributed by atoms with E-state index in [9.17, 15) is 4.79 Å². The van der Waals surface area contributed by atoms with Crippen molar-refractivity contribution >= 4 is 5.97 Å². The highest BCUT2D eigenvalue weighted by molar-refractivity contribution is 5.69. The van der Waals surface area contributed by atoms with Gasteiger partial charge in [0.1, 0.15) is 11.5 Å². The van der Waals surface area contributed by atoms with Crippen molar-refractivity contribution in [1.29, 1.82) is 0 Å². The zero-order valence-corrected chi connectivity index (χ0v) is 11.4. The Morgan fingerprint density at radius 3 is 2.56 bits per heavy atom. The average molecular weight is 252 g/mol. The molecular weight excluding hydrogens is 232 g/mol. The van der Waals surface area contributed by atoms with Gasteiger partial charge in [-0.3, -0.25) is 4.79 Å². The van der Waals surface area contributed by atoms with Gasteiger partial charge in [-0.25, -0.2) is 0 Å². The van der Waals surface area contributed by atoms with Gasteiger partial charge in [0.05, 0.1) is 20.3 Å². The third-order valence-electron chi connectivity index (χ3n) is 2.45. The van der Waals surface area contributed by atoms with E-state index < -0.39 is 0 Å². The summed E-state index contributed by atoms with van der Waals surface area (Å²) in [5, 5.41) is 0. The number of methoxy groups -OCH3 is 2. The maximum atomic E-state index is 11.2. The lowest BCUT2D eigenvalue weighted by molar-refractivity contribution is -0.140. The molecule has 0 N–H and O–H groups in total. The van der Waals surface area contributed by atoms with Crippen molar-refractivity contribution in [3.63, 3.8) is 0 Å². The van der Waals surface area contributed by atoms with Crippen LogP contribution < -0.4 is 9.47 Å². The molecule has 0 spiro atoms. The third kappa shape index (κ3) is 4.28. The zero-order valence-electron chi connectivity index (χ0n) is 11.4. The SMILES string of the molecule is COC(=O)CCc1cc(OC(C)C)ccc1OC. The Hall–Kier alpha value is -1.71. The van der Waals surface area contributed by atoms with Crippen LogP contribution in [0.4, 0.5) is 0 Å². The molecule has 0 unspecified atom stereocenters. The molecule has 4 heteroatoms. The molecule has 0 heterocycles. The third-order valence-corrected chi connectivity index (χ3v) is 2.45. The van der Waals surface area contributed by atoms with E-state index in [0.717, 1.165) is 17.1 Å². The van der Waals surface area contributed by atoms with Crippen LogP contribution in [0, 0.1) is 0 Å². The van der Waals surface area contributed by atoms with Gasteiger partial charge in [0, 0.05) is 6.42 Å². The van der Waals surface area contributed by atoms with Gasteiger partial charge in [0.25, 0.3) is 0 Å². The van der Waals surface area contributed by atoms with Crippen molar-refractivity contribution in [1.82, 2.24) is 0 Å². The first-order valence-corrected chi connectivity index (χ1v) is 5.97. The van der Waals surface area contributed by atoms with Crippen LogP contribution >= 0.6 is 0 Å². The highest BCUT2D eigenvalue weighted by Crippen LogP contribution is 2.26. The molecule has 0 fully saturated rings. The first-order chi connectivity index (χ1) is 8.56. The van der Waals surface area contributed by atoms with Crippen molar-refractivity contribution in [2.45, 2.75) is 32.8 Å². The minimum atomic E-state index is -0.229. The monoisotopic (exact) mass is 252 g/mol. The number of hydrogen-bond acceptors (Lipinski definition) is 4. The molecule has 18 heavy (non-hydrogen) atoms. The van der Waals surface area contributed by atoms with Gasteiger partial charge in [-0.1, -0.05) is 0 Å². The summed E-state index contributed by atoms with van der Waals surface area (Å²) in [7, 11) is 3.00. The van der Waals surface area contributed by atoms with E-state index in [1.807, 2.05) is 32.0 Å². The predicted molar refractivity (Wildman–Crippen MR) is 69.1 cm³/mol. The predicted octanol–water partition coefficient (Wildman–Crippen LogP) is 2.59. The second kappa shape index (κ2) is 6.89. The number of carbonyl (C=O) groups is 1. The number of carbonyl (C=O) groups excluding carboxylic acids is 1. The van der Waals surface area contributed by atoms with Gasteiger partial charge in [-0.05, 0) is 44.0 Å². The van der Waals surface area contributed by atoms with Gasteiger partial charge < -0.3 is 14.2 Å². The van der Waals surface area contributed by atoms with E-state index in [-0.39, 0.29) is 12.1 Å². The van der Waals surface area contributed by atoms with Gasteiger partial charge in [0.15, 0.2) is 0 Å². The molecule has 0 saturated carbocycles. The standard InChI is InChI=1S/C14H20O4/c1-10(2)18-12-6-7-13(16-3)11(9-12)5-8-14(15)17-4/h6-7,9-10H,5,8H2,1-4H3. The Morgan fingerprint density at radius 1 is 1.28 bits per heavy atom. The van der Waals surface area contributed by atoms with Crippen LogP contribution in [-0.4, -0.2) is 26.3 Å². The summed E-state index contributed by atoms with van der Waals surface area (Å²) < 4.78 is 15.5. The van der Waals surface area contributed by atoms with E-state index in [1.165, 1.54) is 7.11 Å². The van der Waals surface area contributed by atoms with Crippen LogP contribution in [0.1, 0.15) is 25.8 Å². The first-order valence-electron chi connectivity index (χ1n) is 5.97. The topological polar surface area (TPSA) is 44.8 Å². The molecule has 1 aromatic rings. The van der Waals surface area contributed by atoms with Crippen molar-refractivity contribution in [2.75, 3.05) is 14.2 Å². The molecule has 0 aromatic heterocycles. The molecule has 0 amide bonds. The second-order valence-corrected chi connectivity index (χ2v) is 4.22. The lowest BCUT2D eigenvalue weighted by Gasteiger charge is -2.13. The summed E-state index contributed by atoms with van der Waals surface area (Å²) in [5.41, 5.74) is 0.945. The molecular formula is C14H20O4. The molecule has 1 rings (SSSR count). The maximum Gasteiger partial charge on any atom is 0.305 e. The second-order valence-electron chi connectivity index (χ2n) is 4.22. The summed E-state index contributed by atoms with van der Waals surface area (Å²) in [5.74, 6) is 1.31. The summed E-state index contributed by atoms with van der Waals surface area (Å²) in [6, 6.07) is 5.62. The number of rotatable bonds is 6. The van der Waals surface area contributed by atoms with Crippen LogP contribution in [-0.2, 0) is 16.0 Å². The zero-order chi connectivity index (χ0) is 13.5. The smallest absolute Gasteiger partial charge is 0.305 e. The normalized spacial score (nSPS) is 10.3. The minimum Gasteiger partial charge on any atom is -0.496 e. The number of aryl methyl sites for hydroxylation is 1. The molecule has 0 bridgehead atoms. The molecule has 1 aromatic carbocycles. The molecule has 100 valence electrons. The number of benzene rings is 1. The molecule has 0 aliphatic rings. The minimum absolute atomic E-state index is 0.117. The van der Waals surface area contributed by atoms with E-state index in [2.05, 4.69) is 4.74 Å². The molecule has 0 aliphatic carbocycles. The first kappa shape index (κ1) is 14.4. The van der Waals surface area contributed by atoms with Crippen LogP contribution in [0.2, 0.25) is 0 Å². The number of ether oxygens (including phenoxy) is 3. The summed E-state index contributed by atoms with van der Waals surface area (Å²) in [4.78, 5) is 11.2. The molecule has 4 nitrogen and oxygen atoms in total. The fourth-order valence-corrected chi connectivity index (χ4v) is 1.63. The van der Waals surface area contributed by atoms with E-state index in [4.69, 9.17) is 9.47 Å². The lowest BCUT2D eigenvalue weighted by atomic mass is 10.1. The Labute approximate surface area is 108 Å². The highest BCUT2D eigenvalue weighted by atomic mass is 16.5. The largest absolute Gasteiger partial charge is 0.496 e. The maximum absolute atomic E-state index is 11.2. The fraction of sp³-hybridized carbons (Fsp3) is 0.500. The van der Waals surface area contributed by atoms with E-state index >= 15 is 0 Å². The fourth-order valence-electron chi connectivity index (χ4n) is 1.63. The molecule has 0 aliphatic heterocycles. The Kier molecular flexibility index (Phi) is 5.49. The quantitative estimate of drug-likeness (QED) is 0.730. The van der Waals surface area contributed by atoms with Crippen molar-refractivity contribution in [3.05, 3.63) is 23.8 Å². The molecule has 0 saturated heterocycles. The van der Waals surface area contributed by atoms with Gasteiger partial charge in [-0.2, -0.15) is 0 Å². The summed E-state index contributed by atoms with van der Waals surface area (Å²) in [6.45, 7) is 3.94. The van der Waals surface area contributed by atoms with Crippen LogP contribution in [0.15, 0.2) is 18.2 Å². The number of hydrogen-bond donors (Lipinski definition) is 0. The van der Waals surface area contributed by atoms with Gasteiger partial charge >= 0.3 is 5.97 Å². The van der Waals surface area contributed by atoms with Crippen LogP contribution in [0.25, 0.3) is 0 Å². The summed E-state index contributed by atoms with van der Waals surface area (Å²) >= 11 is 0. The van der Waals surface area contributed by atoms with Crippen molar-refractivity contribution in [3.8, 4) is 11.5 Å².